The molecule has 0 atom stereocenters. The number of ketones is 1. The predicted molar refractivity (Wildman–Crippen MR) is 100.0 cm³/mol. The van der Waals surface area contributed by atoms with Gasteiger partial charge in [-0.15, -0.1) is 0 Å². The minimum atomic E-state index is -0.370. The first-order valence-corrected chi connectivity index (χ1v) is 8.77. The molecule has 1 saturated heterocycles. The number of rotatable bonds is 4. The molecule has 0 bridgehead atoms. The zero-order valence-electron chi connectivity index (χ0n) is 14.9. The van der Waals surface area contributed by atoms with Crippen molar-refractivity contribution in [3.63, 3.8) is 0 Å². The molecule has 0 radical (unpaired) electrons. The molecule has 0 spiro atoms. The lowest BCUT2D eigenvalue weighted by Crippen LogP contribution is -2.47. The van der Waals surface area contributed by atoms with Gasteiger partial charge < -0.3 is 9.80 Å². The Balaban J connectivity index is 1.49. The Kier molecular flexibility index (Phi) is 4.53. The summed E-state index contributed by atoms with van der Waals surface area (Å²) >= 11 is 0. The van der Waals surface area contributed by atoms with Gasteiger partial charge >= 0.3 is 0 Å². The van der Waals surface area contributed by atoms with E-state index in [9.17, 15) is 9.18 Å². The van der Waals surface area contributed by atoms with E-state index in [1.807, 2.05) is 35.2 Å². The molecule has 0 aliphatic carbocycles. The molecule has 1 fully saturated rings. The van der Waals surface area contributed by atoms with E-state index in [0.717, 1.165) is 5.69 Å². The standard InChI is InChI=1S/C19H19FN6O/c1-14(27)15-7-8-18(17(20)13-15)24-9-11-25(12-10-24)19-21-22-23-26(19)16-5-3-2-4-6-16/h2-8,13H,9-12H2,1H3. The molecule has 8 heteroatoms. The van der Waals surface area contributed by atoms with Crippen molar-refractivity contribution >= 4 is 17.4 Å². The summed E-state index contributed by atoms with van der Waals surface area (Å²) in [6, 6.07) is 14.4. The van der Waals surface area contributed by atoms with Gasteiger partial charge in [-0.05, 0) is 47.7 Å². The Morgan fingerprint density at radius 2 is 1.70 bits per heavy atom. The minimum Gasteiger partial charge on any atom is -0.366 e. The van der Waals surface area contributed by atoms with Gasteiger partial charge in [0.15, 0.2) is 5.78 Å². The fourth-order valence-corrected chi connectivity index (χ4v) is 3.25. The largest absolute Gasteiger partial charge is 0.366 e. The number of benzene rings is 2. The van der Waals surface area contributed by atoms with Crippen molar-refractivity contribution < 1.29 is 9.18 Å². The lowest BCUT2D eigenvalue weighted by Gasteiger charge is -2.36. The Bertz CT molecular complexity index is 950. The Hall–Kier alpha value is -3.29. The molecule has 4 rings (SSSR count). The van der Waals surface area contributed by atoms with Crippen molar-refractivity contribution in [3.05, 3.63) is 59.9 Å². The first-order valence-electron chi connectivity index (χ1n) is 8.77. The monoisotopic (exact) mass is 366 g/mol. The summed E-state index contributed by atoms with van der Waals surface area (Å²) in [5.74, 6) is 0.163. The minimum absolute atomic E-state index is 0.141. The number of Topliss-reactive ketones (excluding diaryl/α,β-unsaturated/α-hetero) is 1. The summed E-state index contributed by atoms with van der Waals surface area (Å²) < 4.78 is 16.1. The molecule has 2 aromatic carbocycles. The van der Waals surface area contributed by atoms with Gasteiger partial charge in [-0.2, -0.15) is 4.68 Å². The van der Waals surface area contributed by atoms with E-state index in [0.29, 0.717) is 43.4 Å². The van der Waals surface area contributed by atoms with Crippen LogP contribution in [-0.4, -0.2) is 52.2 Å². The Morgan fingerprint density at radius 1 is 1.00 bits per heavy atom. The van der Waals surface area contributed by atoms with Crippen LogP contribution in [0.1, 0.15) is 17.3 Å². The van der Waals surface area contributed by atoms with Crippen LogP contribution in [0.2, 0.25) is 0 Å². The van der Waals surface area contributed by atoms with E-state index in [2.05, 4.69) is 20.4 Å². The van der Waals surface area contributed by atoms with Crippen molar-refractivity contribution in [2.24, 2.45) is 0 Å². The maximum atomic E-state index is 14.4. The Morgan fingerprint density at radius 3 is 2.37 bits per heavy atom. The third kappa shape index (κ3) is 3.38. The number of hydrogen-bond acceptors (Lipinski definition) is 6. The van der Waals surface area contributed by atoms with Crippen LogP contribution in [0.15, 0.2) is 48.5 Å². The van der Waals surface area contributed by atoms with E-state index in [1.165, 1.54) is 13.0 Å². The molecule has 1 aromatic heterocycles. The topological polar surface area (TPSA) is 67.2 Å². The van der Waals surface area contributed by atoms with Gasteiger partial charge in [0.2, 0.25) is 5.95 Å². The maximum Gasteiger partial charge on any atom is 0.250 e. The first kappa shape index (κ1) is 17.1. The third-order valence-corrected chi connectivity index (χ3v) is 4.71. The van der Waals surface area contributed by atoms with E-state index >= 15 is 0 Å². The normalized spacial score (nSPS) is 14.4. The van der Waals surface area contributed by atoms with Crippen molar-refractivity contribution in [2.45, 2.75) is 6.92 Å². The third-order valence-electron chi connectivity index (χ3n) is 4.71. The number of para-hydroxylation sites is 1. The van der Waals surface area contributed by atoms with Crippen molar-refractivity contribution in [2.75, 3.05) is 36.0 Å². The number of anilines is 2. The van der Waals surface area contributed by atoms with Crippen LogP contribution in [0.3, 0.4) is 0 Å². The van der Waals surface area contributed by atoms with Crippen LogP contribution in [0, 0.1) is 5.82 Å². The van der Waals surface area contributed by atoms with Gasteiger partial charge in [-0.25, -0.2) is 4.39 Å². The smallest absolute Gasteiger partial charge is 0.250 e. The highest BCUT2D eigenvalue weighted by atomic mass is 19.1. The van der Waals surface area contributed by atoms with Crippen LogP contribution >= 0.6 is 0 Å². The molecular formula is C19H19FN6O. The second-order valence-electron chi connectivity index (χ2n) is 6.42. The second kappa shape index (κ2) is 7.14. The highest BCUT2D eigenvalue weighted by molar-refractivity contribution is 5.94. The van der Waals surface area contributed by atoms with E-state index in [1.54, 1.807) is 16.8 Å². The van der Waals surface area contributed by atoms with Gasteiger partial charge in [-0.1, -0.05) is 23.3 Å². The van der Waals surface area contributed by atoms with Crippen LogP contribution in [0.4, 0.5) is 16.0 Å². The summed E-state index contributed by atoms with van der Waals surface area (Å²) in [6.07, 6.45) is 0. The molecule has 138 valence electrons. The molecule has 0 amide bonds. The van der Waals surface area contributed by atoms with Crippen molar-refractivity contribution in [1.29, 1.82) is 0 Å². The molecule has 1 aliphatic rings. The fraction of sp³-hybridized carbons (Fsp3) is 0.263. The summed E-state index contributed by atoms with van der Waals surface area (Å²) in [5.41, 5.74) is 1.80. The van der Waals surface area contributed by atoms with Crippen LogP contribution in [-0.2, 0) is 0 Å². The quantitative estimate of drug-likeness (QED) is 0.660. The number of nitrogens with zero attached hydrogens (tertiary/aromatic N) is 6. The zero-order valence-corrected chi connectivity index (χ0v) is 14.9. The summed E-state index contributed by atoms with van der Waals surface area (Å²) in [4.78, 5) is 15.5. The highest BCUT2D eigenvalue weighted by Crippen LogP contribution is 2.24. The average molecular weight is 366 g/mol. The molecule has 2 heterocycles. The molecular weight excluding hydrogens is 347 g/mol. The fourth-order valence-electron chi connectivity index (χ4n) is 3.25. The Labute approximate surface area is 156 Å². The van der Waals surface area contributed by atoms with Crippen molar-refractivity contribution in [3.8, 4) is 5.69 Å². The molecule has 0 saturated carbocycles. The number of carbonyl (C=O) groups is 1. The van der Waals surface area contributed by atoms with E-state index in [-0.39, 0.29) is 11.6 Å². The van der Waals surface area contributed by atoms with E-state index in [4.69, 9.17) is 0 Å². The van der Waals surface area contributed by atoms with Gasteiger partial charge in [0.25, 0.3) is 0 Å². The predicted octanol–water partition coefficient (Wildman–Crippen LogP) is 2.33. The highest BCUT2D eigenvalue weighted by Gasteiger charge is 2.24. The van der Waals surface area contributed by atoms with Gasteiger partial charge in [0.05, 0.1) is 11.4 Å². The second-order valence-corrected chi connectivity index (χ2v) is 6.42. The molecule has 27 heavy (non-hydrogen) atoms. The lowest BCUT2D eigenvalue weighted by molar-refractivity contribution is 0.101. The van der Waals surface area contributed by atoms with Crippen LogP contribution in [0.25, 0.3) is 5.69 Å². The SMILES string of the molecule is CC(=O)c1ccc(N2CCN(c3nnnn3-c3ccccc3)CC2)c(F)c1. The first-order chi connectivity index (χ1) is 13.1. The number of halogens is 1. The summed E-state index contributed by atoms with van der Waals surface area (Å²) in [6.45, 7) is 4.04. The van der Waals surface area contributed by atoms with Gasteiger partial charge in [0.1, 0.15) is 5.82 Å². The number of piperazine rings is 1. The molecule has 0 unspecified atom stereocenters. The molecule has 0 N–H and O–H groups in total. The van der Waals surface area contributed by atoms with Crippen molar-refractivity contribution in [1.82, 2.24) is 20.2 Å². The molecule has 1 aliphatic heterocycles. The number of carbonyl (C=O) groups excluding carboxylic acids is 1. The average Bonchev–Trinajstić information content (AvgIpc) is 3.18. The molecule has 3 aromatic rings. The molecule has 7 nitrogen and oxygen atoms in total. The summed E-state index contributed by atoms with van der Waals surface area (Å²) in [7, 11) is 0. The number of hydrogen-bond donors (Lipinski definition) is 0. The summed E-state index contributed by atoms with van der Waals surface area (Å²) in [5, 5.41) is 12.1. The van der Waals surface area contributed by atoms with Crippen LogP contribution in [0.5, 0.6) is 0 Å². The number of tetrazole rings is 1. The van der Waals surface area contributed by atoms with Gasteiger partial charge in [-0.3, -0.25) is 4.79 Å². The zero-order chi connectivity index (χ0) is 18.8. The van der Waals surface area contributed by atoms with Gasteiger partial charge in [0, 0.05) is 31.7 Å². The maximum absolute atomic E-state index is 14.4. The van der Waals surface area contributed by atoms with Crippen LogP contribution < -0.4 is 9.80 Å². The number of aromatic nitrogens is 4. The van der Waals surface area contributed by atoms with E-state index < -0.39 is 0 Å². The lowest BCUT2D eigenvalue weighted by atomic mass is 10.1.